The highest BCUT2D eigenvalue weighted by molar-refractivity contribution is 5.87. The first-order chi connectivity index (χ1) is 7.59. The van der Waals surface area contributed by atoms with E-state index in [-0.39, 0.29) is 24.9 Å². The number of carbonyl (C=O) groups excluding carboxylic acids is 1. The van der Waals surface area contributed by atoms with Gasteiger partial charge in [-0.3, -0.25) is 4.79 Å². The number of aliphatic hydroxyl groups is 1. The van der Waals surface area contributed by atoms with Gasteiger partial charge in [0.15, 0.2) is 0 Å². The molecule has 2 aliphatic heterocycles. The summed E-state index contributed by atoms with van der Waals surface area (Å²) in [6.07, 6.45) is 1.10. The van der Waals surface area contributed by atoms with Gasteiger partial charge in [0.1, 0.15) is 6.04 Å². The summed E-state index contributed by atoms with van der Waals surface area (Å²) in [6.45, 7) is 0.929. The Morgan fingerprint density at radius 3 is 2.69 bits per heavy atom. The summed E-state index contributed by atoms with van der Waals surface area (Å²) in [4.78, 5) is 24.2. The number of nitrogens with zero attached hydrogens (tertiary/aromatic N) is 1. The smallest absolute Gasteiger partial charge is 0.326 e. The maximum absolute atomic E-state index is 12.0. The summed E-state index contributed by atoms with van der Waals surface area (Å²) >= 11 is 0. The summed E-state index contributed by atoms with van der Waals surface area (Å²) < 4.78 is 0. The van der Waals surface area contributed by atoms with Crippen LogP contribution in [0.25, 0.3) is 0 Å². The highest BCUT2D eigenvalue weighted by atomic mass is 16.4. The van der Waals surface area contributed by atoms with Crippen LogP contribution in [0.2, 0.25) is 0 Å². The number of amides is 1. The second kappa shape index (κ2) is 4.39. The van der Waals surface area contributed by atoms with Gasteiger partial charge in [-0.15, -0.1) is 0 Å². The largest absolute Gasteiger partial charge is 0.480 e. The fourth-order valence-corrected chi connectivity index (χ4v) is 2.39. The van der Waals surface area contributed by atoms with Gasteiger partial charge in [0, 0.05) is 13.0 Å². The topological polar surface area (TPSA) is 89.9 Å². The number of carbonyl (C=O) groups is 2. The van der Waals surface area contributed by atoms with Crippen LogP contribution >= 0.6 is 0 Å². The van der Waals surface area contributed by atoms with Crippen LogP contribution in [0, 0.1) is 0 Å². The molecule has 0 saturated carbocycles. The lowest BCUT2D eigenvalue weighted by molar-refractivity contribution is -0.148. The van der Waals surface area contributed by atoms with Crippen LogP contribution in [0.5, 0.6) is 0 Å². The van der Waals surface area contributed by atoms with E-state index in [1.807, 2.05) is 0 Å². The average Bonchev–Trinajstić information content (AvgIpc) is 2.84. The first-order valence-corrected chi connectivity index (χ1v) is 5.54. The minimum atomic E-state index is -1.04. The molecule has 2 unspecified atom stereocenters. The van der Waals surface area contributed by atoms with Crippen LogP contribution in [-0.2, 0) is 9.59 Å². The third-order valence-electron chi connectivity index (χ3n) is 3.21. The molecule has 3 atom stereocenters. The van der Waals surface area contributed by atoms with Crippen molar-refractivity contribution in [2.75, 3.05) is 13.1 Å². The molecule has 2 aliphatic rings. The fraction of sp³-hybridized carbons (Fsp3) is 0.800. The van der Waals surface area contributed by atoms with Crippen LogP contribution < -0.4 is 5.32 Å². The predicted molar refractivity (Wildman–Crippen MR) is 54.8 cm³/mol. The first-order valence-electron chi connectivity index (χ1n) is 5.54. The van der Waals surface area contributed by atoms with Gasteiger partial charge in [0.25, 0.3) is 0 Å². The molecule has 90 valence electrons. The third kappa shape index (κ3) is 2.03. The Kier molecular flexibility index (Phi) is 3.11. The number of likely N-dealkylation sites (tertiary alicyclic amines) is 1. The summed E-state index contributed by atoms with van der Waals surface area (Å²) in [5.74, 6) is -1.23. The summed E-state index contributed by atoms with van der Waals surface area (Å²) in [6, 6.07) is -1.14. The zero-order valence-corrected chi connectivity index (χ0v) is 8.93. The number of hydrogen-bond acceptors (Lipinski definition) is 4. The molecule has 0 aromatic rings. The number of hydrogen-bond donors (Lipinski definition) is 3. The number of rotatable bonds is 2. The molecule has 2 fully saturated rings. The number of aliphatic carboxylic acids is 1. The van der Waals surface area contributed by atoms with E-state index < -0.39 is 18.1 Å². The molecule has 2 rings (SSSR count). The van der Waals surface area contributed by atoms with E-state index in [0.717, 1.165) is 19.4 Å². The van der Waals surface area contributed by atoms with E-state index in [1.165, 1.54) is 4.90 Å². The van der Waals surface area contributed by atoms with E-state index in [4.69, 9.17) is 5.11 Å². The molecule has 16 heavy (non-hydrogen) atoms. The highest BCUT2D eigenvalue weighted by Crippen LogP contribution is 2.21. The molecular formula is C10H16N2O4. The summed E-state index contributed by atoms with van der Waals surface area (Å²) in [7, 11) is 0. The molecule has 2 heterocycles. The lowest BCUT2D eigenvalue weighted by atomic mass is 10.1. The Balaban J connectivity index is 2.06. The molecule has 0 spiro atoms. The van der Waals surface area contributed by atoms with Crippen molar-refractivity contribution < 1.29 is 19.8 Å². The second-order valence-corrected chi connectivity index (χ2v) is 4.38. The predicted octanol–water partition coefficient (Wildman–Crippen LogP) is -1.22. The van der Waals surface area contributed by atoms with Crippen molar-refractivity contribution >= 4 is 11.9 Å². The van der Waals surface area contributed by atoms with Gasteiger partial charge in [-0.05, 0) is 19.4 Å². The van der Waals surface area contributed by atoms with Gasteiger partial charge in [-0.25, -0.2) is 4.79 Å². The van der Waals surface area contributed by atoms with E-state index in [0.29, 0.717) is 0 Å². The molecule has 2 saturated heterocycles. The minimum absolute atomic E-state index is 0.133. The minimum Gasteiger partial charge on any atom is -0.480 e. The molecule has 0 radical (unpaired) electrons. The van der Waals surface area contributed by atoms with Crippen molar-refractivity contribution in [3.05, 3.63) is 0 Å². The maximum Gasteiger partial charge on any atom is 0.326 e. The number of carboxylic acid groups (broad SMARTS) is 1. The third-order valence-corrected chi connectivity index (χ3v) is 3.21. The zero-order valence-electron chi connectivity index (χ0n) is 8.93. The Hall–Kier alpha value is -1.14. The van der Waals surface area contributed by atoms with Gasteiger partial charge in [-0.1, -0.05) is 0 Å². The zero-order chi connectivity index (χ0) is 11.7. The van der Waals surface area contributed by atoms with Gasteiger partial charge >= 0.3 is 5.97 Å². The van der Waals surface area contributed by atoms with Gasteiger partial charge < -0.3 is 20.4 Å². The van der Waals surface area contributed by atoms with Crippen LogP contribution in [0.3, 0.4) is 0 Å². The number of carboxylic acids is 1. The highest BCUT2D eigenvalue weighted by Gasteiger charge is 2.41. The lowest BCUT2D eigenvalue weighted by Crippen LogP contribution is -2.48. The van der Waals surface area contributed by atoms with Crippen molar-refractivity contribution in [1.82, 2.24) is 10.2 Å². The first kappa shape index (κ1) is 11.3. The quantitative estimate of drug-likeness (QED) is 0.551. The SMILES string of the molecule is O=C(O)C1CC(O)CN1C(=O)[C@@H]1CCCN1. The summed E-state index contributed by atoms with van der Waals surface area (Å²) in [5.41, 5.74) is 0. The van der Waals surface area contributed by atoms with Crippen LogP contribution in [0.15, 0.2) is 0 Å². The molecule has 1 amide bonds. The average molecular weight is 228 g/mol. The lowest BCUT2D eigenvalue weighted by Gasteiger charge is -2.24. The number of aliphatic hydroxyl groups excluding tert-OH is 1. The number of β-amino-alcohol motifs (C(OH)–C–C–N with tert-alkyl or cyclic N) is 1. The molecule has 6 heteroatoms. The van der Waals surface area contributed by atoms with E-state index >= 15 is 0 Å². The van der Waals surface area contributed by atoms with Crippen LogP contribution in [0.1, 0.15) is 19.3 Å². The van der Waals surface area contributed by atoms with Crippen molar-refractivity contribution in [3.63, 3.8) is 0 Å². The summed E-state index contributed by atoms with van der Waals surface area (Å²) in [5, 5.41) is 21.4. The monoisotopic (exact) mass is 228 g/mol. The Morgan fingerprint density at radius 1 is 1.38 bits per heavy atom. The van der Waals surface area contributed by atoms with Crippen LogP contribution in [0.4, 0.5) is 0 Å². The van der Waals surface area contributed by atoms with Gasteiger partial charge in [-0.2, -0.15) is 0 Å². The standard InChI is InChI=1S/C10H16N2O4/c13-6-4-8(10(15)16)12(5-6)9(14)7-2-1-3-11-7/h6-8,11,13H,1-5H2,(H,15,16)/t6?,7-,8?/m0/s1. The Morgan fingerprint density at radius 2 is 2.12 bits per heavy atom. The van der Waals surface area contributed by atoms with E-state index in [9.17, 15) is 14.7 Å². The normalized spacial score (nSPS) is 34.3. The molecule has 0 aliphatic carbocycles. The van der Waals surface area contributed by atoms with E-state index in [2.05, 4.69) is 5.32 Å². The van der Waals surface area contributed by atoms with Gasteiger partial charge in [0.2, 0.25) is 5.91 Å². The maximum atomic E-state index is 12.0. The Labute approximate surface area is 93.2 Å². The molecule has 0 bridgehead atoms. The molecular weight excluding hydrogens is 212 g/mol. The van der Waals surface area contributed by atoms with E-state index in [1.54, 1.807) is 0 Å². The number of nitrogens with one attached hydrogen (secondary N) is 1. The van der Waals surface area contributed by atoms with Crippen LogP contribution in [-0.4, -0.2) is 58.3 Å². The fourth-order valence-electron chi connectivity index (χ4n) is 2.39. The van der Waals surface area contributed by atoms with Crippen molar-refractivity contribution in [2.24, 2.45) is 0 Å². The van der Waals surface area contributed by atoms with Crippen molar-refractivity contribution in [2.45, 2.75) is 37.5 Å². The van der Waals surface area contributed by atoms with Gasteiger partial charge in [0.05, 0.1) is 12.1 Å². The molecule has 0 aromatic heterocycles. The molecule has 6 nitrogen and oxygen atoms in total. The van der Waals surface area contributed by atoms with Crippen molar-refractivity contribution in [3.8, 4) is 0 Å². The van der Waals surface area contributed by atoms with Crippen molar-refractivity contribution in [1.29, 1.82) is 0 Å². The molecule has 3 N–H and O–H groups in total. The second-order valence-electron chi connectivity index (χ2n) is 4.38. The molecule has 0 aromatic carbocycles. The Bertz CT molecular complexity index is 301.